The number of tetrazole rings is 1. The summed E-state index contributed by atoms with van der Waals surface area (Å²) in [7, 11) is 0. The average molecular weight is 350 g/mol. The number of rotatable bonds is 5. The molecule has 2 heterocycles. The highest BCUT2D eigenvalue weighted by Crippen LogP contribution is 2.24. The number of para-hydroxylation sites is 2. The molecule has 0 bridgehead atoms. The van der Waals surface area contributed by atoms with Gasteiger partial charge in [0.05, 0.1) is 23.5 Å². The third-order valence-electron chi connectivity index (χ3n) is 3.64. The van der Waals surface area contributed by atoms with Gasteiger partial charge in [0, 0.05) is 5.75 Å². The zero-order valence-electron chi connectivity index (χ0n) is 13.2. The molecule has 0 saturated carbocycles. The fraction of sp³-hybridized carbons (Fsp3) is 0.118. The first-order chi connectivity index (χ1) is 12.3. The number of amides is 1. The van der Waals surface area contributed by atoms with E-state index in [2.05, 4.69) is 20.6 Å². The van der Waals surface area contributed by atoms with Crippen LogP contribution < -0.4 is 5.01 Å². The summed E-state index contributed by atoms with van der Waals surface area (Å²) in [5.41, 5.74) is 2.48. The lowest BCUT2D eigenvalue weighted by molar-refractivity contribution is -0.116. The predicted octanol–water partition coefficient (Wildman–Crippen LogP) is 2.55. The van der Waals surface area contributed by atoms with Crippen molar-refractivity contribution >= 4 is 29.1 Å². The van der Waals surface area contributed by atoms with Crippen LogP contribution in [0.5, 0.6) is 0 Å². The molecule has 25 heavy (non-hydrogen) atoms. The van der Waals surface area contributed by atoms with Crippen LogP contribution in [0.15, 0.2) is 70.9 Å². The number of thioether (sulfide) groups is 1. The van der Waals surface area contributed by atoms with Crippen LogP contribution in [0.4, 0.5) is 5.69 Å². The van der Waals surface area contributed by atoms with E-state index in [1.54, 1.807) is 4.68 Å². The van der Waals surface area contributed by atoms with Gasteiger partial charge in [-0.25, -0.2) is 5.01 Å². The largest absolute Gasteiger partial charge is 0.272 e. The summed E-state index contributed by atoms with van der Waals surface area (Å²) in [6.45, 7) is 0. The molecule has 0 aliphatic carbocycles. The quantitative estimate of drug-likeness (QED) is 0.661. The van der Waals surface area contributed by atoms with Crippen LogP contribution in [0.3, 0.4) is 0 Å². The Balaban J connectivity index is 1.48. The summed E-state index contributed by atoms with van der Waals surface area (Å²) in [6.07, 6.45) is 0.314. The molecular weight excluding hydrogens is 336 g/mol. The monoisotopic (exact) mass is 350 g/mol. The summed E-state index contributed by atoms with van der Waals surface area (Å²) < 4.78 is 1.68. The molecule has 1 aliphatic heterocycles. The third kappa shape index (κ3) is 3.29. The van der Waals surface area contributed by atoms with Gasteiger partial charge in [-0.1, -0.05) is 48.2 Å². The lowest BCUT2D eigenvalue weighted by Crippen LogP contribution is -2.19. The highest BCUT2D eigenvalue weighted by atomic mass is 32.2. The van der Waals surface area contributed by atoms with E-state index in [0.717, 1.165) is 17.1 Å². The minimum Gasteiger partial charge on any atom is -0.272 e. The Bertz CT molecular complexity index is 909. The van der Waals surface area contributed by atoms with E-state index in [1.807, 2.05) is 60.7 Å². The van der Waals surface area contributed by atoms with Crippen LogP contribution in [0.1, 0.15) is 6.42 Å². The van der Waals surface area contributed by atoms with E-state index >= 15 is 0 Å². The van der Waals surface area contributed by atoms with Crippen molar-refractivity contribution in [3.63, 3.8) is 0 Å². The Morgan fingerprint density at radius 2 is 1.64 bits per heavy atom. The minimum atomic E-state index is -0.0237. The number of anilines is 1. The Hall–Kier alpha value is -3.00. The van der Waals surface area contributed by atoms with Crippen LogP contribution >= 0.6 is 11.8 Å². The van der Waals surface area contributed by atoms with Crippen LogP contribution in [-0.4, -0.2) is 37.6 Å². The molecular formula is C17H14N6OS. The maximum Gasteiger partial charge on any atom is 0.253 e. The Kier molecular flexibility index (Phi) is 4.26. The van der Waals surface area contributed by atoms with E-state index in [1.165, 1.54) is 16.8 Å². The smallest absolute Gasteiger partial charge is 0.253 e. The topological polar surface area (TPSA) is 76.3 Å². The molecule has 8 heteroatoms. The SMILES string of the molecule is O=C1CC(CSc2nnnn2-c2ccccc2)=NN1c1ccccc1. The molecule has 0 spiro atoms. The summed E-state index contributed by atoms with van der Waals surface area (Å²) in [6, 6.07) is 19.1. The summed E-state index contributed by atoms with van der Waals surface area (Å²) >= 11 is 1.46. The normalized spacial score (nSPS) is 14.0. The number of carbonyl (C=O) groups excluding carboxylic acids is 1. The van der Waals surface area contributed by atoms with Crippen molar-refractivity contribution in [2.45, 2.75) is 11.6 Å². The van der Waals surface area contributed by atoms with Crippen LogP contribution in [0.2, 0.25) is 0 Å². The van der Waals surface area contributed by atoms with Crippen LogP contribution in [0.25, 0.3) is 5.69 Å². The molecule has 4 rings (SSSR count). The molecule has 0 unspecified atom stereocenters. The third-order valence-corrected chi connectivity index (χ3v) is 4.63. The summed E-state index contributed by atoms with van der Waals surface area (Å²) in [5.74, 6) is 0.534. The summed E-state index contributed by atoms with van der Waals surface area (Å²) in [4.78, 5) is 12.2. The molecule has 0 fully saturated rings. The second-order valence-corrected chi connectivity index (χ2v) is 6.32. The minimum absolute atomic E-state index is 0.0237. The van der Waals surface area contributed by atoms with Gasteiger partial charge < -0.3 is 0 Å². The number of aromatic nitrogens is 4. The zero-order chi connectivity index (χ0) is 17.1. The maximum atomic E-state index is 12.2. The van der Waals surface area contributed by atoms with Gasteiger partial charge in [-0.05, 0) is 34.7 Å². The molecule has 0 atom stereocenters. The van der Waals surface area contributed by atoms with Crippen molar-refractivity contribution in [2.75, 3.05) is 10.8 Å². The Morgan fingerprint density at radius 3 is 2.36 bits per heavy atom. The number of nitrogens with zero attached hydrogens (tertiary/aromatic N) is 6. The van der Waals surface area contributed by atoms with Crippen molar-refractivity contribution < 1.29 is 4.79 Å². The first-order valence-corrected chi connectivity index (χ1v) is 8.71. The van der Waals surface area contributed by atoms with E-state index in [4.69, 9.17) is 0 Å². The number of hydrazone groups is 1. The number of benzene rings is 2. The van der Waals surface area contributed by atoms with Crippen molar-refractivity contribution in [1.29, 1.82) is 0 Å². The van der Waals surface area contributed by atoms with Gasteiger partial charge >= 0.3 is 0 Å². The number of hydrogen-bond acceptors (Lipinski definition) is 6. The fourth-order valence-corrected chi connectivity index (χ4v) is 3.29. The van der Waals surface area contributed by atoms with Gasteiger partial charge in [-0.2, -0.15) is 9.78 Å². The van der Waals surface area contributed by atoms with Crippen molar-refractivity contribution in [3.8, 4) is 5.69 Å². The number of carbonyl (C=O) groups is 1. The lowest BCUT2D eigenvalue weighted by atomic mass is 10.3. The first kappa shape index (κ1) is 15.5. The molecule has 0 radical (unpaired) electrons. The van der Waals surface area contributed by atoms with Gasteiger partial charge in [0.1, 0.15) is 0 Å². The van der Waals surface area contributed by atoms with E-state index in [0.29, 0.717) is 17.3 Å². The van der Waals surface area contributed by atoms with Crippen molar-refractivity contribution in [1.82, 2.24) is 20.2 Å². The molecule has 7 nitrogen and oxygen atoms in total. The van der Waals surface area contributed by atoms with Gasteiger partial charge in [-0.15, -0.1) is 5.10 Å². The zero-order valence-corrected chi connectivity index (χ0v) is 14.0. The number of hydrogen-bond donors (Lipinski definition) is 0. The molecule has 0 N–H and O–H groups in total. The Morgan fingerprint density at radius 1 is 0.960 bits per heavy atom. The first-order valence-electron chi connectivity index (χ1n) is 7.72. The van der Waals surface area contributed by atoms with Gasteiger partial charge in [0.15, 0.2) is 0 Å². The van der Waals surface area contributed by atoms with Gasteiger partial charge in [-0.3, -0.25) is 4.79 Å². The fourth-order valence-electron chi connectivity index (χ4n) is 2.48. The van der Waals surface area contributed by atoms with Gasteiger partial charge in [0.25, 0.3) is 5.91 Å². The maximum absolute atomic E-state index is 12.2. The second kappa shape index (κ2) is 6.86. The highest BCUT2D eigenvalue weighted by molar-refractivity contribution is 7.99. The molecule has 1 aliphatic rings. The van der Waals surface area contributed by atoms with Crippen molar-refractivity contribution in [3.05, 3.63) is 60.7 Å². The van der Waals surface area contributed by atoms with Crippen molar-refractivity contribution in [2.24, 2.45) is 5.10 Å². The van der Waals surface area contributed by atoms with Crippen LogP contribution in [0, 0.1) is 0 Å². The van der Waals surface area contributed by atoms with Gasteiger partial charge in [0.2, 0.25) is 5.16 Å². The lowest BCUT2D eigenvalue weighted by Gasteiger charge is -2.10. The van der Waals surface area contributed by atoms with Crippen LogP contribution in [-0.2, 0) is 4.79 Å². The molecule has 0 saturated heterocycles. The van der Waals surface area contributed by atoms with E-state index in [9.17, 15) is 4.79 Å². The Labute approximate surface area is 148 Å². The standard InChI is InChI=1S/C17H14N6OS/c24-16-11-13(19-22(16)14-7-3-1-4-8-14)12-25-17-18-20-21-23(17)15-9-5-2-6-10-15/h1-10H,11-12H2. The molecule has 124 valence electrons. The average Bonchev–Trinajstić information content (AvgIpc) is 3.28. The molecule has 3 aromatic rings. The highest BCUT2D eigenvalue weighted by Gasteiger charge is 2.25. The summed E-state index contributed by atoms with van der Waals surface area (Å²) in [5, 5.41) is 18.4. The predicted molar refractivity (Wildman–Crippen MR) is 95.9 cm³/mol. The second-order valence-electron chi connectivity index (χ2n) is 5.38. The van der Waals surface area contributed by atoms with E-state index in [-0.39, 0.29) is 5.91 Å². The van der Waals surface area contributed by atoms with E-state index < -0.39 is 0 Å². The molecule has 2 aromatic carbocycles. The molecule has 1 aromatic heterocycles. The molecule has 1 amide bonds.